The van der Waals surface area contributed by atoms with Gasteiger partial charge in [0.2, 0.25) is 11.1 Å². The lowest BCUT2D eigenvalue weighted by Gasteiger charge is -2.38. The van der Waals surface area contributed by atoms with Gasteiger partial charge >= 0.3 is 0 Å². The molecule has 0 unspecified atom stereocenters. The summed E-state index contributed by atoms with van der Waals surface area (Å²) >= 11 is -2.32. The zero-order valence-corrected chi connectivity index (χ0v) is 15.5. The van der Waals surface area contributed by atoms with Crippen LogP contribution in [-0.2, 0) is 12.5 Å². The van der Waals surface area contributed by atoms with E-state index in [4.69, 9.17) is 16.9 Å². The predicted molar refractivity (Wildman–Crippen MR) is 88.8 cm³/mol. The van der Waals surface area contributed by atoms with Gasteiger partial charge in [-0.05, 0) is 20.8 Å². The van der Waals surface area contributed by atoms with E-state index in [1.54, 1.807) is 0 Å². The van der Waals surface area contributed by atoms with Crippen LogP contribution < -0.4 is 0 Å². The van der Waals surface area contributed by atoms with Crippen LogP contribution >= 0.6 is 11.1 Å². The molecule has 0 fully saturated rings. The molecule has 0 saturated carbocycles. The van der Waals surface area contributed by atoms with Gasteiger partial charge < -0.3 is 0 Å². The molecule has 0 heterocycles. The van der Waals surface area contributed by atoms with E-state index in [9.17, 15) is 0 Å². The van der Waals surface area contributed by atoms with E-state index >= 15 is 0 Å². The second-order valence-electron chi connectivity index (χ2n) is 6.59. The highest BCUT2D eigenvalue weighted by Gasteiger charge is 2.35. The van der Waals surface area contributed by atoms with Crippen LogP contribution in [0.2, 0.25) is 0 Å². The first-order valence-electron chi connectivity index (χ1n) is 7.39. The lowest BCUT2D eigenvalue weighted by Crippen LogP contribution is -2.34. The normalized spacial score (nSPS) is 14.2. The highest BCUT2D eigenvalue weighted by molar-refractivity contribution is 8.20. The molecular weight excluding hydrogens is 274 g/mol. The van der Waals surface area contributed by atoms with E-state index in [0.717, 1.165) is 5.71 Å². The summed E-state index contributed by atoms with van der Waals surface area (Å²) in [5, 5.41) is 0. The average Bonchev–Trinajstić information content (AvgIpc) is 2.24. The van der Waals surface area contributed by atoms with Gasteiger partial charge in [-0.1, -0.05) is 41.5 Å². The zero-order valence-electron chi connectivity index (χ0n) is 14.7. The summed E-state index contributed by atoms with van der Waals surface area (Å²) in [7, 11) is 0. The molecule has 0 aromatic carbocycles. The number of hydrogen-bond acceptors (Lipinski definition) is 4. The third-order valence-corrected chi connectivity index (χ3v) is 4.43. The van der Waals surface area contributed by atoms with E-state index in [-0.39, 0.29) is 10.8 Å². The van der Waals surface area contributed by atoms with Gasteiger partial charge in [0.1, 0.15) is 0 Å². The maximum absolute atomic E-state index is 5.78. The van der Waals surface area contributed by atoms with Gasteiger partial charge in [-0.2, -0.15) is 4.40 Å². The van der Waals surface area contributed by atoms with Gasteiger partial charge in [0.15, 0.2) is 0 Å². The van der Waals surface area contributed by atoms with E-state index < -0.39 is 11.1 Å². The molecule has 0 aliphatic carbocycles. The molecule has 0 spiro atoms. The van der Waals surface area contributed by atoms with Gasteiger partial charge in [0.25, 0.3) is 0 Å². The molecule has 0 bridgehead atoms. The second kappa shape index (κ2) is 7.78. The highest BCUT2D eigenvalue weighted by Crippen LogP contribution is 2.55. The molecule has 0 aliphatic heterocycles. The fourth-order valence-electron chi connectivity index (χ4n) is 2.14. The Bertz CT molecular complexity index is 283. The van der Waals surface area contributed by atoms with Crippen molar-refractivity contribution >= 4 is 16.8 Å². The summed E-state index contributed by atoms with van der Waals surface area (Å²) in [6.45, 7) is 20.3. The molecule has 0 saturated heterocycles. The van der Waals surface area contributed by atoms with Crippen molar-refractivity contribution in [1.29, 1.82) is 0 Å². The lowest BCUT2D eigenvalue weighted by molar-refractivity contribution is 0.185. The van der Waals surface area contributed by atoms with Crippen molar-refractivity contribution in [2.24, 2.45) is 15.2 Å². The molecule has 0 amide bonds. The molecule has 0 aromatic heterocycles. The first-order chi connectivity index (χ1) is 9.02. The van der Waals surface area contributed by atoms with Crippen LogP contribution in [0.15, 0.2) is 4.40 Å². The molecular formula is C15H33NO3S. The van der Waals surface area contributed by atoms with E-state index in [2.05, 4.69) is 41.5 Å². The smallest absolute Gasteiger partial charge is 0.207 e. The van der Waals surface area contributed by atoms with Crippen LogP contribution in [0.4, 0.5) is 0 Å². The van der Waals surface area contributed by atoms with Gasteiger partial charge in [0, 0.05) is 16.5 Å². The summed E-state index contributed by atoms with van der Waals surface area (Å²) in [5.41, 5.74) is 0.916. The van der Waals surface area contributed by atoms with Crippen molar-refractivity contribution in [3.8, 4) is 0 Å². The second-order valence-corrected chi connectivity index (χ2v) is 8.33. The molecule has 0 aliphatic rings. The molecule has 0 N–H and O–H groups in total. The van der Waals surface area contributed by atoms with Crippen LogP contribution in [0.25, 0.3) is 0 Å². The fourth-order valence-corrected chi connectivity index (χ4v) is 4.17. The van der Waals surface area contributed by atoms with E-state index in [1.165, 1.54) is 0 Å². The van der Waals surface area contributed by atoms with Crippen LogP contribution in [0.3, 0.4) is 0 Å². The standard InChI is InChI=1S/C15H33NO3S/c1-10-17-20(18-11-2,19-12-3)16-13(14(4,5)6)15(7,8)9/h10-12H2,1-9H3. The van der Waals surface area contributed by atoms with Gasteiger partial charge in [-0.3, -0.25) is 12.5 Å². The minimum Gasteiger partial charge on any atom is -0.275 e. The molecule has 5 heteroatoms. The first-order valence-corrected chi connectivity index (χ1v) is 8.76. The molecule has 0 atom stereocenters. The van der Waals surface area contributed by atoms with E-state index in [1.807, 2.05) is 20.8 Å². The van der Waals surface area contributed by atoms with Crippen molar-refractivity contribution < 1.29 is 12.5 Å². The monoisotopic (exact) mass is 307 g/mol. The van der Waals surface area contributed by atoms with Crippen molar-refractivity contribution in [3.63, 3.8) is 0 Å². The largest absolute Gasteiger partial charge is 0.275 e. The SMILES string of the molecule is CCOS(N=C(C(C)(C)C)C(C)(C)C)(OCC)OCC. The zero-order chi connectivity index (χ0) is 16.0. The fraction of sp³-hybridized carbons (Fsp3) is 0.933. The summed E-state index contributed by atoms with van der Waals surface area (Å²) in [6.07, 6.45) is 0. The average molecular weight is 308 g/mol. The molecule has 0 aromatic rings. The number of nitrogens with zero attached hydrogens (tertiary/aromatic N) is 1. The molecule has 122 valence electrons. The van der Waals surface area contributed by atoms with Crippen LogP contribution in [0.5, 0.6) is 0 Å². The minimum atomic E-state index is -2.32. The summed E-state index contributed by atoms with van der Waals surface area (Å²) < 4.78 is 22.2. The molecule has 20 heavy (non-hydrogen) atoms. The molecule has 0 radical (unpaired) electrons. The Morgan fingerprint density at radius 3 is 1.25 bits per heavy atom. The van der Waals surface area contributed by atoms with Gasteiger partial charge in [-0.15, -0.1) is 0 Å². The van der Waals surface area contributed by atoms with Crippen LogP contribution in [0, 0.1) is 10.8 Å². The Morgan fingerprint density at radius 2 is 1.05 bits per heavy atom. The lowest BCUT2D eigenvalue weighted by atomic mass is 9.75. The topological polar surface area (TPSA) is 40.0 Å². The predicted octanol–water partition coefficient (Wildman–Crippen LogP) is 5.09. The highest BCUT2D eigenvalue weighted by atomic mass is 32.3. The van der Waals surface area contributed by atoms with Gasteiger partial charge in [0.05, 0.1) is 19.8 Å². The maximum atomic E-state index is 5.78. The Morgan fingerprint density at radius 1 is 0.750 bits per heavy atom. The summed E-state index contributed by atoms with van der Waals surface area (Å²) in [5.74, 6) is 0. The van der Waals surface area contributed by atoms with Gasteiger partial charge in [-0.25, -0.2) is 0 Å². The van der Waals surface area contributed by atoms with E-state index in [0.29, 0.717) is 19.8 Å². The quantitative estimate of drug-likeness (QED) is 0.615. The van der Waals surface area contributed by atoms with Crippen LogP contribution in [-0.4, -0.2) is 25.5 Å². The number of hydrogen-bond donors (Lipinski definition) is 0. The third-order valence-electron chi connectivity index (χ3n) is 2.42. The Hall–Kier alpha value is -0.100. The Balaban J connectivity index is 5.79. The van der Waals surface area contributed by atoms with Crippen molar-refractivity contribution in [1.82, 2.24) is 0 Å². The summed E-state index contributed by atoms with van der Waals surface area (Å²) in [4.78, 5) is 0. The summed E-state index contributed by atoms with van der Waals surface area (Å²) in [6, 6.07) is 0. The van der Waals surface area contributed by atoms with Crippen molar-refractivity contribution in [3.05, 3.63) is 0 Å². The maximum Gasteiger partial charge on any atom is 0.207 e. The molecule has 0 rings (SSSR count). The van der Waals surface area contributed by atoms with Crippen LogP contribution in [0.1, 0.15) is 62.3 Å². The Kier molecular flexibility index (Phi) is 7.74. The minimum absolute atomic E-state index is 0.0677. The van der Waals surface area contributed by atoms with Crippen molar-refractivity contribution in [2.45, 2.75) is 62.3 Å². The molecule has 4 nitrogen and oxygen atoms in total. The Labute approximate surface area is 127 Å². The van der Waals surface area contributed by atoms with Crippen molar-refractivity contribution in [2.75, 3.05) is 19.8 Å². The number of rotatable bonds is 7. The first kappa shape index (κ1) is 19.9. The third kappa shape index (κ3) is 6.12.